The Kier molecular flexibility index (Phi) is 5.90. The van der Waals surface area contributed by atoms with E-state index >= 15 is 0 Å². The Hall–Kier alpha value is -2.27. The summed E-state index contributed by atoms with van der Waals surface area (Å²) in [7, 11) is 0. The van der Waals surface area contributed by atoms with Crippen LogP contribution in [0.1, 0.15) is 57.4 Å². The van der Waals surface area contributed by atoms with Crippen molar-refractivity contribution < 1.29 is 4.79 Å². The molecule has 1 aliphatic heterocycles. The minimum atomic E-state index is 0.0837. The van der Waals surface area contributed by atoms with E-state index in [4.69, 9.17) is 16.6 Å². The second-order valence-electron chi connectivity index (χ2n) is 6.84. The largest absolute Gasteiger partial charge is 0.310 e. The zero-order valence-corrected chi connectivity index (χ0v) is 17.0. The molecule has 0 aliphatic carbocycles. The molecule has 1 aliphatic rings. The Labute approximate surface area is 165 Å². The van der Waals surface area contributed by atoms with Gasteiger partial charge in [0, 0.05) is 24.4 Å². The van der Waals surface area contributed by atoms with Crippen molar-refractivity contribution in [2.24, 2.45) is 4.99 Å². The van der Waals surface area contributed by atoms with Crippen LogP contribution in [0.3, 0.4) is 0 Å². The van der Waals surface area contributed by atoms with E-state index in [2.05, 4.69) is 29.9 Å². The van der Waals surface area contributed by atoms with Crippen LogP contribution in [-0.2, 0) is 17.6 Å². The van der Waals surface area contributed by atoms with Crippen LogP contribution in [0.4, 0.5) is 11.5 Å². The van der Waals surface area contributed by atoms with E-state index in [1.165, 1.54) is 11.9 Å². The molecule has 2 heterocycles. The second kappa shape index (κ2) is 8.17. The van der Waals surface area contributed by atoms with E-state index in [9.17, 15) is 4.79 Å². The quantitative estimate of drug-likeness (QED) is 0.703. The van der Waals surface area contributed by atoms with Gasteiger partial charge in [-0.05, 0) is 55.9 Å². The number of nitrogens with zero attached hydrogens (tertiary/aromatic N) is 4. The summed E-state index contributed by atoms with van der Waals surface area (Å²) in [6.07, 6.45) is 4.93. The van der Waals surface area contributed by atoms with Gasteiger partial charge in [-0.2, -0.15) is 0 Å². The summed E-state index contributed by atoms with van der Waals surface area (Å²) in [5, 5.41) is 0.514. The Bertz CT molecular complexity index is 894. The van der Waals surface area contributed by atoms with Crippen molar-refractivity contribution >= 4 is 34.7 Å². The second-order valence-corrected chi connectivity index (χ2v) is 7.22. The van der Waals surface area contributed by atoms with Crippen molar-refractivity contribution in [3.63, 3.8) is 0 Å². The molecule has 0 spiro atoms. The number of benzene rings is 1. The monoisotopic (exact) mass is 384 g/mol. The molecule has 3 rings (SSSR count). The van der Waals surface area contributed by atoms with Gasteiger partial charge >= 0.3 is 0 Å². The van der Waals surface area contributed by atoms with Crippen LogP contribution in [-0.4, -0.2) is 27.6 Å². The number of carbonyl (C=O) groups excluding carboxylic acids is 1. The fraction of sp³-hybridized carbons (Fsp3) is 0.429. The van der Waals surface area contributed by atoms with Gasteiger partial charge in [0.05, 0.1) is 5.69 Å². The molecule has 0 saturated heterocycles. The third-order valence-corrected chi connectivity index (χ3v) is 5.42. The lowest BCUT2D eigenvalue weighted by Gasteiger charge is -2.34. The lowest BCUT2D eigenvalue weighted by atomic mass is 9.93. The average molecular weight is 385 g/mol. The molecule has 0 bridgehead atoms. The topological polar surface area (TPSA) is 58.5 Å². The van der Waals surface area contributed by atoms with E-state index in [-0.39, 0.29) is 11.9 Å². The van der Waals surface area contributed by atoms with Crippen LogP contribution >= 0.6 is 11.6 Å². The number of aromatic nitrogens is 2. The van der Waals surface area contributed by atoms with Crippen LogP contribution in [0.15, 0.2) is 29.5 Å². The minimum Gasteiger partial charge on any atom is -0.310 e. The summed E-state index contributed by atoms with van der Waals surface area (Å²) in [5.41, 5.74) is 4.96. The average Bonchev–Trinajstić information content (AvgIpc) is 2.66. The molecular formula is C21H25ClN4O. The van der Waals surface area contributed by atoms with Crippen molar-refractivity contribution in [2.45, 2.75) is 59.4 Å². The lowest BCUT2D eigenvalue weighted by Crippen LogP contribution is -2.40. The first-order valence-electron chi connectivity index (χ1n) is 9.46. The molecule has 0 saturated carbocycles. The first-order chi connectivity index (χ1) is 13.0. The maximum Gasteiger partial charge on any atom is 0.224 e. The van der Waals surface area contributed by atoms with Crippen LogP contribution in [0, 0.1) is 0 Å². The van der Waals surface area contributed by atoms with E-state index in [0.29, 0.717) is 10.8 Å². The predicted molar refractivity (Wildman–Crippen MR) is 110 cm³/mol. The van der Waals surface area contributed by atoms with Crippen LogP contribution < -0.4 is 4.90 Å². The van der Waals surface area contributed by atoms with Gasteiger partial charge in [-0.3, -0.25) is 4.79 Å². The number of hydrogen-bond donors (Lipinski definition) is 0. The predicted octanol–water partition coefficient (Wildman–Crippen LogP) is 4.91. The van der Waals surface area contributed by atoms with Gasteiger partial charge in [-0.25, -0.2) is 15.0 Å². The number of amides is 1. The molecule has 1 atom stereocenters. The number of anilines is 1. The zero-order valence-electron chi connectivity index (χ0n) is 16.3. The Balaban J connectivity index is 2.02. The number of halogens is 1. The zero-order chi connectivity index (χ0) is 19.6. The van der Waals surface area contributed by atoms with E-state index in [1.54, 1.807) is 6.92 Å². The number of aryl methyl sites for hydroxylation is 2. The van der Waals surface area contributed by atoms with Crippen molar-refractivity contribution in [1.29, 1.82) is 0 Å². The van der Waals surface area contributed by atoms with Crippen molar-refractivity contribution in [2.75, 3.05) is 4.90 Å². The van der Waals surface area contributed by atoms with Crippen molar-refractivity contribution in [3.8, 4) is 0 Å². The van der Waals surface area contributed by atoms with Gasteiger partial charge in [0.2, 0.25) is 5.91 Å². The normalized spacial score (nSPS) is 17.0. The summed E-state index contributed by atoms with van der Waals surface area (Å²) in [6, 6.07) is 6.44. The standard InChI is InChI=1S/C21H25ClN4O/c1-5-17(25-21-20(22)18(6-2)23-12-24-21)15-9-10-19-16(11-15)8-7-13(3)26(19)14(4)27/h9-13H,5-8H2,1-4H3. The van der Waals surface area contributed by atoms with Gasteiger partial charge in [-0.1, -0.05) is 31.5 Å². The Morgan fingerprint density at radius 3 is 2.78 bits per heavy atom. The minimum absolute atomic E-state index is 0.0837. The molecule has 1 unspecified atom stereocenters. The molecule has 1 amide bonds. The highest BCUT2D eigenvalue weighted by molar-refractivity contribution is 6.33. The van der Waals surface area contributed by atoms with Gasteiger partial charge in [0.25, 0.3) is 0 Å². The third kappa shape index (κ3) is 3.88. The first kappa shape index (κ1) is 19.5. The van der Waals surface area contributed by atoms with Gasteiger partial charge in [-0.15, -0.1) is 0 Å². The van der Waals surface area contributed by atoms with Crippen LogP contribution in [0.2, 0.25) is 5.02 Å². The van der Waals surface area contributed by atoms with E-state index in [1.807, 2.05) is 24.0 Å². The fourth-order valence-corrected chi connectivity index (χ4v) is 3.88. The van der Waals surface area contributed by atoms with Gasteiger partial charge < -0.3 is 4.90 Å². The van der Waals surface area contributed by atoms with Crippen LogP contribution in [0.5, 0.6) is 0 Å². The molecule has 142 valence electrons. The number of fused-ring (bicyclic) bond motifs is 1. The Morgan fingerprint density at radius 1 is 1.33 bits per heavy atom. The molecule has 2 aromatic rings. The molecule has 0 fully saturated rings. The molecule has 0 radical (unpaired) electrons. The number of rotatable bonds is 4. The Morgan fingerprint density at radius 2 is 2.11 bits per heavy atom. The SMILES string of the molecule is CCC(=Nc1ncnc(CC)c1Cl)c1ccc2c(c1)CCC(C)N2C(C)=O. The summed E-state index contributed by atoms with van der Waals surface area (Å²) < 4.78 is 0. The highest BCUT2D eigenvalue weighted by Gasteiger charge is 2.26. The molecule has 6 heteroatoms. The first-order valence-corrected chi connectivity index (χ1v) is 9.84. The third-order valence-electron chi connectivity index (χ3n) is 5.04. The summed E-state index contributed by atoms with van der Waals surface area (Å²) in [5.74, 6) is 0.595. The number of aliphatic imine (C=N–C) groups is 1. The summed E-state index contributed by atoms with van der Waals surface area (Å²) in [6.45, 7) is 7.80. The smallest absolute Gasteiger partial charge is 0.224 e. The highest BCUT2D eigenvalue weighted by atomic mass is 35.5. The van der Waals surface area contributed by atoms with Crippen molar-refractivity contribution in [1.82, 2.24) is 9.97 Å². The molecular weight excluding hydrogens is 360 g/mol. The molecule has 1 aromatic heterocycles. The van der Waals surface area contributed by atoms with E-state index < -0.39 is 0 Å². The maximum atomic E-state index is 12.1. The highest BCUT2D eigenvalue weighted by Crippen LogP contribution is 2.32. The molecule has 1 aromatic carbocycles. The van der Waals surface area contributed by atoms with Crippen LogP contribution in [0.25, 0.3) is 0 Å². The molecule has 5 nitrogen and oxygen atoms in total. The summed E-state index contributed by atoms with van der Waals surface area (Å²) >= 11 is 6.41. The molecule has 0 N–H and O–H groups in total. The maximum absolute atomic E-state index is 12.1. The van der Waals surface area contributed by atoms with Gasteiger partial charge in [0.1, 0.15) is 11.3 Å². The number of carbonyl (C=O) groups is 1. The number of hydrogen-bond acceptors (Lipinski definition) is 4. The van der Waals surface area contributed by atoms with Gasteiger partial charge in [0.15, 0.2) is 5.82 Å². The summed E-state index contributed by atoms with van der Waals surface area (Å²) in [4.78, 5) is 27.1. The fourth-order valence-electron chi connectivity index (χ4n) is 3.61. The van der Waals surface area contributed by atoms with Crippen molar-refractivity contribution in [3.05, 3.63) is 46.4 Å². The van der Waals surface area contributed by atoms with E-state index in [0.717, 1.165) is 48.3 Å². The lowest BCUT2D eigenvalue weighted by molar-refractivity contribution is -0.117. The molecule has 27 heavy (non-hydrogen) atoms.